The van der Waals surface area contributed by atoms with Crippen LogP contribution in [0.2, 0.25) is 0 Å². The Morgan fingerprint density at radius 2 is 2.05 bits per heavy atom. The van der Waals surface area contributed by atoms with E-state index < -0.39 is 40.4 Å². The van der Waals surface area contributed by atoms with Gasteiger partial charge in [-0.2, -0.15) is 13.2 Å². The fourth-order valence-corrected chi connectivity index (χ4v) is 3.25. The Morgan fingerprint density at radius 1 is 1.42 bits per heavy atom. The lowest BCUT2D eigenvalue weighted by molar-refractivity contribution is -0.134. The number of halogens is 3. The van der Waals surface area contributed by atoms with Gasteiger partial charge in [0.25, 0.3) is 0 Å². The van der Waals surface area contributed by atoms with Gasteiger partial charge in [0.2, 0.25) is 10.0 Å². The molecule has 0 aromatic rings. The summed E-state index contributed by atoms with van der Waals surface area (Å²) in [6.07, 6.45) is -5.50. The van der Waals surface area contributed by atoms with Crippen LogP contribution < -0.4 is 5.32 Å². The van der Waals surface area contributed by atoms with Crippen LogP contribution in [0, 0.1) is 0 Å². The van der Waals surface area contributed by atoms with E-state index in [1.807, 2.05) is 0 Å². The highest BCUT2D eigenvalue weighted by atomic mass is 32.2. The Bertz CT molecular complexity index is 391. The minimum Gasteiger partial charge on any atom is -0.387 e. The van der Waals surface area contributed by atoms with Crippen molar-refractivity contribution in [3.8, 4) is 0 Å². The summed E-state index contributed by atoms with van der Waals surface area (Å²) >= 11 is 0. The average molecular weight is 304 g/mol. The second-order valence-electron chi connectivity index (χ2n) is 4.94. The Kier molecular flexibility index (Phi) is 5.21. The Labute approximate surface area is 110 Å². The molecule has 9 heteroatoms. The van der Waals surface area contributed by atoms with E-state index in [4.69, 9.17) is 0 Å². The van der Waals surface area contributed by atoms with Crippen LogP contribution in [0.5, 0.6) is 0 Å². The van der Waals surface area contributed by atoms with E-state index in [2.05, 4.69) is 5.32 Å². The number of nitrogens with zero attached hydrogens (tertiary/aromatic N) is 1. The fourth-order valence-electron chi connectivity index (χ4n) is 1.99. The number of hydrogen-bond acceptors (Lipinski definition) is 4. The summed E-state index contributed by atoms with van der Waals surface area (Å²) < 4.78 is 60.4. The number of β-amino-alcohol motifs (C(OH)–C–C–N with tert-alkyl or cyclic N) is 1. The van der Waals surface area contributed by atoms with Gasteiger partial charge in [0, 0.05) is 26.6 Å². The molecule has 0 bridgehead atoms. The van der Waals surface area contributed by atoms with E-state index in [0.717, 1.165) is 4.31 Å². The number of likely N-dealkylation sites (N-methyl/N-ethyl adjacent to an activating group) is 1. The van der Waals surface area contributed by atoms with Crippen molar-refractivity contribution in [2.45, 2.75) is 31.0 Å². The molecule has 1 rings (SSSR count). The van der Waals surface area contributed by atoms with Gasteiger partial charge >= 0.3 is 6.18 Å². The standard InChI is InChI=1S/C10H19F3N2O3S/c1-15(8-9(16)4-5-14-7-9)19(17,18)6-2-3-10(11,12)13/h14,16H,2-8H2,1H3. The van der Waals surface area contributed by atoms with Gasteiger partial charge in [-0.1, -0.05) is 0 Å². The molecule has 1 heterocycles. The highest BCUT2D eigenvalue weighted by Crippen LogP contribution is 2.22. The molecule has 0 aromatic carbocycles. The predicted molar refractivity (Wildman–Crippen MR) is 64.1 cm³/mol. The van der Waals surface area contributed by atoms with Gasteiger partial charge in [0.15, 0.2) is 0 Å². The lowest BCUT2D eigenvalue weighted by atomic mass is 10.0. The minimum absolute atomic E-state index is 0.103. The lowest BCUT2D eigenvalue weighted by Gasteiger charge is -2.27. The summed E-state index contributed by atoms with van der Waals surface area (Å²) in [5, 5.41) is 12.9. The largest absolute Gasteiger partial charge is 0.389 e. The number of hydrogen-bond donors (Lipinski definition) is 2. The van der Waals surface area contributed by atoms with Crippen molar-refractivity contribution in [2.75, 3.05) is 32.4 Å². The van der Waals surface area contributed by atoms with E-state index in [0.29, 0.717) is 13.0 Å². The second kappa shape index (κ2) is 5.94. The molecule has 2 N–H and O–H groups in total. The maximum atomic E-state index is 12.0. The molecule has 0 spiro atoms. The van der Waals surface area contributed by atoms with Crippen molar-refractivity contribution < 1.29 is 26.7 Å². The second-order valence-corrected chi connectivity index (χ2v) is 7.14. The number of aliphatic hydroxyl groups is 1. The number of rotatable bonds is 6. The normalized spacial score (nSPS) is 25.2. The number of nitrogens with one attached hydrogen (secondary N) is 1. The maximum absolute atomic E-state index is 12.0. The number of sulfonamides is 1. The van der Waals surface area contributed by atoms with Gasteiger partial charge in [-0.15, -0.1) is 0 Å². The molecule has 0 amide bonds. The summed E-state index contributed by atoms with van der Waals surface area (Å²) in [5.74, 6) is -0.563. The quantitative estimate of drug-likeness (QED) is 0.741. The first-order chi connectivity index (χ1) is 8.54. The lowest BCUT2D eigenvalue weighted by Crippen LogP contribution is -2.45. The van der Waals surface area contributed by atoms with Crippen molar-refractivity contribution >= 4 is 10.0 Å². The molecule has 1 atom stereocenters. The van der Waals surface area contributed by atoms with Crippen LogP contribution in [0.4, 0.5) is 13.2 Å². The third-order valence-corrected chi connectivity index (χ3v) is 4.96. The minimum atomic E-state index is -4.35. The van der Waals surface area contributed by atoms with Crippen LogP contribution in [0.25, 0.3) is 0 Å². The van der Waals surface area contributed by atoms with Crippen molar-refractivity contribution in [2.24, 2.45) is 0 Å². The summed E-state index contributed by atoms with van der Waals surface area (Å²) in [7, 11) is -2.49. The summed E-state index contributed by atoms with van der Waals surface area (Å²) in [5.41, 5.74) is -1.13. The maximum Gasteiger partial charge on any atom is 0.389 e. The molecule has 1 aliphatic heterocycles. The van der Waals surface area contributed by atoms with Gasteiger partial charge in [0.1, 0.15) is 0 Å². The van der Waals surface area contributed by atoms with Crippen LogP contribution in [-0.2, 0) is 10.0 Å². The SMILES string of the molecule is CN(CC1(O)CCNC1)S(=O)(=O)CCCC(F)(F)F. The first kappa shape index (κ1) is 16.7. The average Bonchev–Trinajstić information content (AvgIpc) is 2.62. The Morgan fingerprint density at radius 3 is 2.53 bits per heavy atom. The summed E-state index contributed by atoms with van der Waals surface area (Å²) in [6.45, 7) is 0.780. The summed E-state index contributed by atoms with van der Waals surface area (Å²) in [6, 6.07) is 0. The van der Waals surface area contributed by atoms with Gasteiger partial charge < -0.3 is 10.4 Å². The highest BCUT2D eigenvalue weighted by Gasteiger charge is 2.35. The van der Waals surface area contributed by atoms with Gasteiger partial charge in [-0.25, -0.2) is 12.7 Å². The highest BCUT2D eigenvalue weighted by molar-refractivity contribution is 7.89. The third kappa shape index (κ3) is 5.64. The van der Waals surface area contributed by atoms with Crippen molar-refractivity contribution in [3.05, 3.63) is 0 Å². The smallest absolute Gasteiger partial charge is 0.387 e. The van der Waals surface area contributed by atoms with Crippen LogP contribution in [0.1, 0.15) is 19.3 Å². The van der Waals surface area contributed by atoms with Crippen molar-refractivity contribution in [1.82, 2.24) is 9.62 Å². The van der Waals surface area contributed by atoms with Crippen molar-refractivity contribution in [1.29, 1.82) is 0 Å². The molecule has 1 fully saturated rings. The molecule has 114 valence electrons. The third-order valence-electron chi connectivity index (χ3n) is 3.08. The van der Waals surface area contributed by atoms with Crippen LogP contribution >= 0.6 is 0 Å². The zero-order chi connectivity index (χ0) is 14.7. The zero-order valence-electron chi connectivity index (χ0n) is 10.7. The molecule has 5 nitrogen and oxygen atoms in total. The molecule has 19 heavy (non-hydrogen) atoms. The first-order valence-electron chi connectivity index (χ1n) is 5.98. The molecule has 0 radical (unpaired) electrons. The molecule has 1 saturated heterocycles. The topological polar surface area (TPSA) is 69.6 Å². The molecule has 0 aromatic heterocycles. The van der Waals surface area contributed by atoms with E-state index in [-0.39, 0.29) is 13.1 Å². The Balaban J connectivity index is 2.47. The molecule has 1 unspecified atom stereocenters. The van der Waals surface area contributed by atoms with E-state index in [9.17, 15) is 26.7 Å². The molecule has 0 saturated carbocycles. The summed E-state index contributed by atoms with van der Waals surface area (Å²) in [4.78, 5) is 0. The van der Waals surface area contributed by atoms with E-state index in [1.54, 1.807) is 0 Å². The van der Waals surface area contributed by atoms with Crippen LogP contribution in [0.15, 0.2) is 0 Å². The van der Waals surface area contributed by atoms with Gasteiger partial charge in [0.05, 0.1) is 11.4 Å². The predicted octanol–water partition coefficient (Wildman–Crippen LogP) is 0.315. The first-order valence-corrected chi connectivity index (χ1v) is 7.59. The molecule has 1 aliphatic rings. The van der Waals surface area contributed by atoms with Crippen LogP contribution in [-0.4, -0.2) is 62.0 Å². The zero-order valence-corrected chi connectivity index (χ0v) is 11.5. The van der Waals surface area contributed by atoms with Crippen molar-refractivity contribution in [3.63, 3.8) is 0 Å². The van der Waals surface area contributed by atoms with E-state index >= 15 is 0 Å². The fraction of sp³-hybridized carbons (Fsp3) is 1.00. The Hall–Kier alpha value is -0.380. The van der Waals surface area contributed by atoms with Gasteiger partial charge in [-0.05, 0) is 19.4 Å². The van der Waals surface area contributed by atoms with E-state index in [1.165, 1.54) is 7.05 Å². The van der Waals surface area contributed by atoms with Gasteiger partial charge in [-0.3, -0.25) is 0 Å². The number of alkyl halides is 3. The molecular weight excluding hydrogens is 285 g/mol. The molecule has 0 aliphatic carbocycles. The van der Waals surface area contributed by atoms with Crippen LogP contribution in [0.3, 0.4) is 0 Å². The monoisotopic (exact) mass is 304 g/mol. The molecular formula is C10H19F3N2O3S.